The summed E-state index contributed by atoms with van der Waals surface area (Å²) in [5.41, 5.74) is 0.372. The van der Waals surface area contributed by atoms with Gasteiger partial charge in [0.1, 0.15) is 0 Å². The minimum absolute atomic E-state index is 0.184. The molecule has 1 saturated heterocycles. The van der Waals surface area contributed by atoms with Gasteiger partial charge >= 0.3 is 5.76 Å². The molecule has 0 aromatic heterocycles. The van der Waals surface area contributed by atoms with E-state index in [4.69, 9.17) is 4.74 Å². The third-order valence-corrected chi connectivity index (χ3v) is 6.30. The van der Waals surface area contributed by atoms with E-state index in [1.807, 2.05) is 4.90 Å². The van der Waals surface area contributed by atoms with Crippen molar-refractivity contribution in [2.24, 2.45) is 0 Å². The molecule has 4 nitrogen and oxygen atoms in total. The molecule has 24 heavy (non-hydrogen) atoms. The fraction of sp³-hybridized carbons (Fsp3) is 0.647. The number of alkyl halides is 2. The van der Waals surface area contributed by atoms with E-state index < -0.39 is 15.6 Å². The van der Waals surface area contributed by atoms with Crippen molar-refractivity contribution in [2.75, 3.05) is 18.0 Å². The normalized spacial score (nSPS) is 20.9. The summed E-state index contributed by atoms with van der Waals surface area (Å²) in [6.07, 6.45) is 6.81. The van der Waals surface area contributed by atoms with E-state index in [9.17, 15) is 17.2 Å². The Morgan fingerprint density at radius 1 is 1.00 bits per heavy atom. The van der Waals surface area contributed by atoms with E-state index in [0.29, 0.717) is 24.9 Å². The molecule has 2 aliphatic rings. The van der Waals surface area contributed by atoms with Crippen LogP contribution in [0, 0.1) is 0 Å². The fourth-order valence-electron chi connectivity index (χ4n) is 3.58. The Kier molecular flexibility index (Phi) is 5.39. The Hall–Kier alpha value is -1.21. The average molecular weight is 359 g/mol. The summed E-state index contributed by atoms with van der Waals surface area (Å²) in [5, 5.41) is 0. The van der Waals surface area contributed by atoms with Gasteiger partial charge in [-0.3, -0.25) is 0 Å². The third kappa shape index (κ3) is 3.72. The first-order chi connectivity index (χ1) is 11.5. The van der Waals surface area contributed by atoms with Gasteiger partial charge in [-0.25, -0.2) is 8.42 Å². The van der Waals surface area contributed by atoms with Crippen LogP contribution < -0.4 is 4.90 Å². The average Bonchev–Trinajstić information content (AvgIpc) is 3.08. The lowest BCUT2D eigenvalue weighted by Crippen LogP contribution is -2.39. The van der Waals surface area contributed by atoms with Crippen LogP contribution in [0.3, 0.4) is 0 Å². The quantitative estimate of drug-likeness (QED) is 0.806. The van der Waals surface area contributed by atoms with Crippen LogP contribution >= 0.6 is 0 Å². The fourth-order valence-corrected chi connectivity index (χ4v) is 4.53. The highest BCUT2D eigenvalue weighted by Crippen LogP contribution is 2.32. The summed E-state index contributed by atoms with van der Waals surface area (Å²) in [7, 11) is -4.60. The molecular formula is C17H23F2NO3S. The molecule has 1 saturated carbocycles. The van der Waals surface area contributed by atoms with Crippen molar-refractivity contribution < 1.29 is 21.9 Å². The molecule has 1 aromatic carbocycles. The van der Waals surface area contributed by atoms with Crippen molar-refractivity contribution in [3.05, 3.63) is 24.3 Å². The minimum Gasteiger partial charge on any atom is -0.375 e. The second kappa shape index (κ2) is 7.35. The number of nitrogens with zero attached hydrogens (tertiary/aromatic N) is 1. The number of halogens is 2. The van der Waals surface area contributed by atoms with E-state index in [0.717, 1.165) is 25.7 Å². The molecule has 3 rings (SSSR count). The zero-order valence-electron chi connectivity index (χ0n) is 13.5. The van der Waals surface area contributed by atoms with Gasteiger partial charge < -0.3 is 9.64 Å². The lowest BCUT2D eigenvalue weighted by atomic mass is 10.1. The van der Waals surface area contributed by atoms with E-state index in [1.54, 1.807) is 12.1 Å². The molecule has 0 spiro atoms. The van der Waals surface area contributed by atoms with Crippen LogP contribution in [0.4, 0.5) is 14.5 Å². The molecule has 0 unspecified atom stereocenters. The van der Waals surface area contributed by atoms with Crippen molar-refractivity contribution in [3.63, 3.8) is 0 Å². The monoisotopic (exact) mass is 359 g/mol. The Bertz CT molecular complexity index is 652. The molecule has 0 radical (unpaired) electrons. The highest BCUT2D eigenvalue weighted by atomic mass is 32.2. The maximum absolute atomic E-state index is 12.9. The molecule has 1 aliphatic carbocycles. The number of sulfone groups is 1. The van der Waals surface area contributed by atoms with Crippen LogP contribution in [0.15, 0.2) is 29.2 Å². The summed E-state index contributed by atoms with van der Waals surface area (Å²) >= 11 is 0. The lowest BCUT2D eigenvalue weighted by molar-refractivity contribution is -0.0195. The Labute approximate surface area is 141 Å². The number of piperidine rings is 1. The van der Waals surface area contributed by atoms with Gasteiger partial charge in [0.05, 0.1) is 22.8 Å². The molecule has 2 fully saturated rings. The lowest BCUT2D eigenvalue weighted by Gasteiger charge is -2.35. The number of rotatable bonds is 5. The molecule has 0 bridgehead atoms. The van der Waals surface area contributed by atoms with Crippen LogP contribution in [-0.2, 0) is 14.6 Å². The molecule has 134 valence electrons. The van der Waals surface area contributed by atoms with Gasteiger partial charge in [0.2, 0.25) is 9.84 Å². The van der Waals surface area contributed by atoms with Crippen molar-refractivity contribution in [1.82, 2.24) is 0 Å². The first kappa shape index (κ1) is 17.6. The Balaban J connectivity index is 1.68. The number of ether oxygens (including phenoxy) is 1. The largest absolute Gasteiger partial charge is 0.375 e. The SMILES string of the molecule is O=S(=O)(c1ccccc1N1CCC(OC2CCCC2)CC1)C(F)F. The van der Waals surface area contributed by atoms with Gasteiger partial charge in [0, 0.05) is 13.1 Å². The van der Waals surface area contributed by atoms with Crippen molar-refractivity contribution in [3.8, 4) is 0 Å². The van der Waals surface area contributed by atoms with E-state index in [1.165, 1.54) is 25.0 Å². The first-order valence-electron chi connectivity index (χ1n) is 8.50. The van der Waals surface area contributed by atoms with Crippen LogP contribution in [0.5, 0.6) is 0 Å². The third-order valence-electron chi connectivity index (χ3n) is 4.88. The maximum Gasteiger partial charge on any atom is 0.341 e. The number of hydrogen-bond donors (Lipinski definition) is 0. The van der Waals surface area contributed by atoms with Gasteiger partial charge in [-0.15, -0.1) is 0 Å². The van der Waals surface area contributed by atoms with E-state index in [2.05, 4.69) is 0 Å². The first-order valence-corrected chi connectivity index (χ1v) is 10.0. The molecule has 0 amide bonds. The molecule has 1 aliphatic heterocycles. The standard InChI is InChI=1S/C17H23F2NO3S/c18-17(19)24(21,22)16-8-4-3-7-15(16)20-11-9-14(10-12-20)23-13-5-1-2-6-13/h3-4,7-8,13-14,17H,1-2,5-6,9-12H2. The molecule has 7 heteroatoms. The molecule has 0 atom stereocenters. The molecule has 0 N–H and O–H groups in total. The summed E-state index contributed by atoms with van der Waals surface area (Å²) in [6.45, 7) is 1.24. The topological polar surface area (TPSA) is 46.6 Å². The smallest absolute Gasteiger partial charge is 0.341 e. The second-order valence-corrected chi connectivity index (χ2v) is 8.39. The summed E-state index contributed by atoms with van der Waals surface area (Å²) < 4.78 is 55.7. The predicted molar refractivity (Wildman–Crippen MR) is 88.2 cm³/mol. The van der Waals surface area contributed by atoms with Crippen LogP contribution in [0.25, 0.3) is 0 Å². The number of para-hydroxylation sites is 1. The summed E-state index contributed by atoms with van der Waals surface area (Å²) in [6, 6.07) is 6.03. The van der Waals surface area contributed by atoms with Gasteiger partial charge in [0.25, 0.3) is 0 Å². The number of anilines is 1. The zero-order valence-corrected chi connectivity index (χ0v) is 14.4. The number of hydrogen-bond acceptors (Lipinski definition) is 4. The van der Waals surface area contributed by atoms with E-state index in [-0.39, 0.29) is 11.0 Å². The Morgan fingerprint density at radius 2 is 1.58 bits per heavy atom. The predicted octanol–water partition coefficient (Wildman–Crippen LogP) is 3.61. The van der Waals surface area contributed by atoms with E-state index >= 15 is 0 Å². The summed E-state index contributed by atoms with van der Waals surface area (Å²) in [4.78, 5) is 1.60. The highest BCUT2D eigenvalue weighted by Gasteiger charge is 2.32. The Morgan fingerprint density at radius 3 is 2.21 bits per heavy atom. The van der Waals surface area contributed by atoms with Gasteiger partial charge in [-0.2, -0.15) is 8.78 Å². The molecular weight excluding hydrogens is 336 g/mol. The summed E-state index contributed by atoms with van der Waals surface area (Å²) in [5.74, 6) is -3.40. The van der Waals surface area contributed by atoms with Crippen LogP contribution in [0.1, 0.15) is 38.5 Å². The molecule has 1 heterocycles. The number of benzene rings is 1. The van der Waals surface area contributed by atoms with Gasteiger partial charge in [-0.05, 0) is 37.8 Å². The second-order valence-electron chi connectivity index (χ2n) is 6.50. The zero-order chi connectivity index (χ0) is 17.2. The van der Waals surface area contributed by atoms with Gasteiger partial charge in [0.15, 0.2) is 0 Å². The van der Waals surface area contributed by atoms with Crippen LogP contribution in [-0.4, -0.2) is 39.5 Å². The maximum atomic E-state index is 12.9. The minimum atomic E-state index is -4.60. The van der Waals surface area contributed by atoms with Crippen LogP contribution in [0.2, 0.25) is 0 Å². The highest BCUT2D eigenvalue weighted by molar-refractivity contribution is 7.91. The van der Waals surface area contributed by atoms with Crippen molar-refractivity contribution >= 4 is 15.5 Å². The van der Waals surface area contributed by atoms with Crippen molar-refractivity contribution in [1.29, 1.82) is 0 Å². The molecule has 1 aromatic rings. The van der Waals surface area contributed by atoms with Gasteiger partial charge in [-0.1, -0.05) is 25.0 Å². The van der Waals surface area contributed by atoms with Crippen molar-refractivity contribution in [2.45, 2.75) is 61.4 Å².